The molecule has 0 aliphatic carbocycles. The molecule has 0 fully saturated rings. The summed E-state index contributed by atoms with van der Waals surface area (Å²) >= 11 is 0. The number of methoxy groups -OCH3 is 1. The average Bonchev–Trinajstić information content (AvgIpc) is 2.50. The van der Waals surface area contributed by atoms with Crippen LogP contribution in [0.1, 0.15) is 28.4 Å². The van der Waals surface area contributed by atoms with Gasteiger partial charge in [0, 0.05) is 7.11 Å². The molecule has 0 aromatic heterocycles. The Balaban J connectivity index is 2.23. The van der Waals surface area contributed by atoms with E-state index in [9.17, 15) is 4.79 Å². The number of nitrogens with two attached hydrogens (primary N) is 1. The minimum absolute atomic E-state index is 0.355. The molecule has 0 bridgehead atoms. The van der Waals surface area contributed by atoms with E-state index in [0.717, 1.165) is 28.0 Å². The van der Waals surface area contributed by atoms with Crippen molar-refractivity contribution >= 4 is 5.91 Å². The van der Waals surface area contributed by atoms with Gasteiger partial charge >= 0.3 is 0 Å². The Hall–Kier alpha value is -2.33. The Kier molecular flexibility index (Phi) is 5.17. The quantitative estimate of drug-likeness (QED) is 0.891. The van der Waals surface area contributed by atoms with E-state index in [1.165, 1.54) is 7.11 Å². The zero-order chi connectivity index (χ0) is 16.1. The van der Waals surface area contributed by atoms with Crippen molar-refractivity contribution in [2.75, 3.05) is 7.11 Å². The summed E-state index contributed by atoms with van der Waals surface area (Å²) in [5.41, 5.74) is 9.23. The third-order valence-electron chi connectivity index (χ3n) is 3.56. The van der Waals surface area contributed by atoms with Crippen molar-refractivity contribution < 1.29 is 14.3 Å². The predicted molar refractivity (Wildman–Crippen MR) is 85.6 cm³/mol. The SMILES string of the molecule is COC(C(N)=O)c1ccccc1COc1cc(C)ccc1C. The number of benzene rings is 2. The number of rotatable bonds is 6. The number of hydrogen-bond donors (Lipinski definition) is 1. The van der Waals surface area contributed by atoms with Crippen LogP contribution in [-0.2, 0) is 16.1 Å². The van der Waals surface area contributed by atoms with E-state index in [-0.39, 0.29) is 0 Å². The highest BCUT2D eigenvalue weighted by Gasteiger charge is 2.20. The van der Waals surface area contributed by atoms with Gasteiger partial charge in [0.25, 0.3) is 5.91 Å². The lowest BCUT2D eigenvalue weighted by Gasteiger charge is -2.17. The number of ether oxygens (including phenoxy) is 2. The molecule has 2 aromatic rings. The van der Waals surface area contributed by atoms with Gasteiger partial charge in [-0.1, -0.05) is 36.4 Å². The third kappa shape index (κ3) is 3.65. The molecule has 4 heteroatoms. The average molecular weight is 299 g/mol. The van der Waals surface area contributed by atoms with Crippen molar-refractivity contribution in [1.82, 2.24) is 0 Å². The lowest BCUT2D eigenvalue weighted by molar-refractivity contribution is -0.128. The van der Waals surface area contributed by atoms with E-state index < -0.39 is 12.0 Å². The molecule has 2 N–H and O–H groups in total. The Morgan fingerprint density at radius 2 is 1.91 bits per heavy atom. The molecule has 0 aliphatic heterocycles. The van der Waals surface area contributed by atoms with Gasteiger partial charge in [0.2, 0.25) is 0 Å². The van der Waals surface area contributed by atoms with E-state index in [1.54, 1.807) is 0 Å². The summed E-state index contributed by atoms with van der Waals surface area (Å²) in [7, 11) is 1.47. The molecule has 0 heterocycles. The summed E-state index contributed by atoms with van der Waals surface area (Å²) in [4.78, 5) is 11.5. The van der Waals surface area contributed by atoms with Crippen molar-refractivity contribution in [3.63, 3.8) is 0 Å². The third-order valence-corrected chi connectivity index (χ3v) is 3.56. The van der Waals surface area contributed by atoms with Gasteiger partial charge < -0.3 is 15.2 Å². The highest BCUT2D eigenvalue weighted by Crippen LogP contribution is 2.24. The largest absolute Gasteiger partial charge is 0.489 e. The van der Waals surface area contributed by atoms with Crippen LogP contribution >= 0.6 is 0 Å². The van der Waals surface area contributed by atoms with Crippen LogP contribution in [0, 0.1) is 13.8 Å². The van der Waals surface area contributed by atoms with Crippen LogP contribution in [0.3, 0.4) is 0 Å². The highest BCUT2D eigenvalue weighted by molar-refractivity contribution is 5.80. The van der Waals surface area contributed by atoms with Crippen molar-refractivity contribution in [2.45, 2.75) is 26.6 Å². The number of carbonyl (C=O) groups is 1. The van der Waals surface area contributed by atoms with Gasteiger partial charge in [0.1, 0.15) is 12.4 Å². The van der Waals surface area contributed by atoms with Crippen molar-refractivity contribution in [3.8, 4) is 5.75 Å². The molecule has 0 spiro atoms. The van der Waals surface area contributed by atoms with Crippen LogP contribution in [-0.4, -0.2) is 13.0 Å². The molecule has 1 unspecified atom stereocenters. The monoisotopic (exact) mass is 299 g/mol. The van der Waals surface area contributed by atoms with E-state index in [0.29, 0.717) is 6.61 Å². The molecule has 4 nitrogen and oxygen atoms in total. The molecular weight excluding hydrogens is 278 g/mol. The van der Waals surface area contributed by atoms with Crippen LogP contribution < -0.4 is 10.5 Å². The molecule has 0 aliphatic rings. The Labute approximate surface area is 130 Å². The molecule has 1 atom stereocenters. The first kappa shape index (κ1) is 16.0. The standard InChI is InChI=1S/C18H21NO3/c1-12-8-9-13(2)16(10-12)22-11-14-6-4-5-7-15(14)17(21-3)18(19)20/h4-10,17H,11H2,1-3H3,(H2,19,20). The fourth-order valence-corrected chi connectivity index (χ4v) is 2.34. The zero-order valence-electron chi connectivity index (χ0n) is 13.1. The van der Waals surface area contributed by atoms with Gasteiger partial charge in [-0.15, -0.1) is 0 Å². The second-order valence-corrected chi connectivity index (χ2v) is 5.27. The fourth-order valence-electron chi connectivity index (χ4n) is 2.34. The van der Waals surface area contributed by atoms with Crippen LogP contribution in [0.5, 0.6) is 5.75 Å². The van der Waals surface area contributed by atoms with Crippen molar-refractivity contribution in [3.05, 3.63) is 64.7 Å². The topological polar surface area (TPSA) is 61.5 Å². The Morgan fingerprint density at radius 1 is 1.18 bits per heavy atom. The molecular formula is C18H21NO3. The Morgan fingerprint density at radius 3 is 2.59 bits per heavy atom. The van der Waals surface area contributed by atoms with Crippen LogP contribution in [0.2, 0.25) is 0 Å². The summed E-state index contributed by atoms with van der Waals surface area (Å²) in [5, 5.41) is 0. The first-order chi connectivity index (χ1) is 10.5. The van der Waals surface area contributed by atoms with Crippen LogP contribution in [0.25, 0.3) is 0 Å². The highest BCUT2D eigenvalue weighted by atomic mass is 16.5. The maximum absolute atomic E-state index is 11.5. The zero-order valence-corrected chi connectivity index (χ0v) is 13.1. The van der Waals surface area contributed by atoms with Crippen LogP contribution in [0.15, 0.2) is 42.5 Å². The molecule has 2 rings (SSSR count). The van der Waals surface area contributed by atoms with E-state index >= 15 is 0 Å². The number of aryl methyl sites for hydroxylation is 2. The Bertz CT molecular complexity index is 667. The molecule has 2 aromatic carbocycles. The molecule has 116 valence electrons. The van der Waals surface area contributed by atoms with Gasteiger partial charge in [0.05, 0.1) is 0 Å². The first-order valence-corrected chi connectivity index (χ1v) is 7.13. The summed E-state index contributed by atoms with van der Waals surface area (Å²) in [6.07, 6.45) is -0.765. The van der Waals surface area contributed by atoms with Gasteiger partial charge in [-0.2, -0.15) is 0 Å². The maximum atomic E-state index is 11.5. The number of hydrogen-bond acceptors (Lipinski definition) is 3. The molecule has 1 amide bonds. The summed E-state index contributed by atoms with van der Waals surface area (Å²) in [5.74, 6) is 0.324. The van der Waals surface area contributed by atoms with Crippen molar-refractivity contribution in [2.24, 2.45) is 5.73 Å². The molecule has 0 saturated heterocycles. The van der Waals surface area contributed by atoms with Gasteiger partial charge in [-0.25, -0.2) is 0 Å². The van der Waals surface area contributed by atoms with E-state index in [1.807, 2.05) is 56.3 Å². The maximum Gasteiger partial charge on any atom is 0.251 e. The summed E-state index contributed by atoms with van der Waals surface area (Å²) in [6.45, 7) is 4.38. The fraction of sp³-hybridized carbons (Fsp3) is 0.278. The second kappa shape index (κ2) is 7.09. The van der Waals surface area contributed by atoms with E-state index in [4.69, 9.17) is 15.2 Å². The lowest BCUT2D eigenvalue weighted by Crippen LogP contribution is -2.24. The normalized spacial score (nSPS) is 12.0. The van der Waals surface area contributed by atoms with Gasteiger partial charge in [-0.3, -0.25) is 4.79 Å². The number of carbonyl (C=O) groups excluding carboxylic acids is 1. The summed E-state index contributed by atoms with van der Waals surface area (Å²) in [6, 6.07) is 13.6. The second-order valence-electron chi connectivity index (χ2n) is 5.27. The summed E-state index contributed by atoms with van der Waals surface area (Å²) < 4.78 is 11.1. The number of primary amides is 1. The minimum atomic E-state index is -0.765. The smallest absolute Gasteiger partial charge is 0.251 e. The molecule has 22 heavy (non-hydrogen) atoms. The predicted octanol–water partition coefficient (Wildman–Crippen LogP) is 3.06. The lowest BCUT2D eigenvalue weighted by atomic mass is 10.0. The molecule has 0 saturated carbocycles. The molecule has 0 radical (unpaired) electrons. The number of amides is 1. The van der Waals surface area contributed by atoms with E-state index in [2.05, 4.69) is 0 Å². The minimum Gasteiger partial charge on any atom is -0.489 e. The van der Waals surface area contributed by atoms with Gasteiger partial charge in [0.15, 0.2) is 6.10 Å². The van der Waals surface area contributed by atoms with Crippen LogP contribution in [0.4, 0.5) is 0 Å². The van der Waals surface area contributed by atoms with Gasteiger partial charge in [-0.05, 0) is 42.2 Å². The first-order valence-electron chi connectivity index (χ1n) is 7.13. The van der Waals surface area contributed by atoms with Crippen molar-refractivity contribution in [1.29, 1.82) is 0 Å².